The molecule has 0 aliphatic heterocycles. The maximum absolute atomic E-state index is 13.5. The molecule has 1 aromatic carbocycles. The van der Waals surface area contributed by atoms with E-state index in [1.807, 2.05) is 0 Å². The Morgan fingerprint density at radius 2 is 2.00 bits per heavy atom. The first-order chi connectivity index (χ1) is 9.40. The second-order valence-electron chi connectivity index (χ2n) is 3.46. The average molecular weight is 395 g/mol. The van der Waals surface area contributed by atoms with Crippen LogP contribution >= 0.6 is 22.6 Å². The van der Waals surface area contributed by atoms with Crippen LogP contribution in [-0.2, 0) is 19.1 Å². The molecule has 0 bridgehead atoms. The van der Waals surface area contributed by atoms with Crippen molar-refractivity contribution < 1.29 is 28.6 Å². The van der Waals surface area contributed by atoms with E-state index in [1.54, 1.807) is 22.6 Å². The number of anilines is 1. The Balaban J connectivity index is 3.14. The first-order valence-corrected chi connectivity index (χ1v) is 6.30. The number of phenolic OH excluding ortho intramolecular Hbond substituents is 1. The highest BCUT2D eigenvalue weighted by atomic mass is 127. The number of carbonyl (C=O) groups is 2. The molecule has 1 rings (SSSR count). The second-order valence-corrected chi connectivity index (χ2v) is 4.62. The number of benzene rings is 1. The number of methoxy groups -OCH3 is 2. The zero-order valence-corrected chi connectivity index (χ0v) is 12.7. The molecule has 1 aromatic rings. The van der Waals surface area contributed by atoms with Crippen molar-refractivity contribution in [1.29, 1.82) is 0 Å². The summed E-state index contributed by atoms with van der Waals surface area (Å²) in [6.45, 7) is 0. The van der Waals surface area contributed by atoms with Crippen molar-refractivity contribution in [2.45, 2.75) is 0 Å². The third kappa shape index (κ3) is 3.83. The Labute approximate surface area is 127 Å². The third-order valence-electron chi connectivity index (χ3n) is 2.21. The van der Waals surface area contributed by atoms with Crippen molar-refractivity contribution in [2.24, 2.45) is 0 Å². The van der Waals surface area contributed by atoms with Crippen LogP contribution in [-0.4, -0.2) is 31.3 Å². The molecule has 0 saturated heterocycles. The Kier molecular flexibility index (Phi) is 5.74. The van der Waals surface area contributed by atoms with E-state index in [2.05, 4.69) is 14.8 Å². The highest BCUT2D eigenvalue weighted by molar-refractivity contribution is 14.1. The van der Waals surface area contributed by atoms with Gasteiger partial charge >= 0.3 is 11.9 Å². The van der Waals surface area contributed by atoms with Gasteiger partial charge in [-0.05, 0) is 34.7 Å². The lowest BCUT2D eigenvalue weighted by molar-refractivity contribution is -0.138. The molecule has 2 N–H and O–H groups in total. The molecule has 8 heteroatoms. The highest BCUT2D eigenvalue weighted by Gasteiger charge is 2.17. The number of nitrogens with one attached hydrogen (secondary N) is 1. The minimum atomic E-state index is -0.867. The van der Waals surface area contributed by atoms with Crippen molar-refractivity contribution in [2.75, 3.05) is 19.5 Å². The Morgan fingerprint density at radius 3 is 2.55 bits per heavy atom. The lowest BCUT2D eigenvalue weighted by Gasteiger charge is -2.11. The van der Waals surface area contributed by atoms with Gasteiger partial charge in [-0.15, -0.1) is 0 Å². The van der Waals surface area contributed by atoms with E-state index in [-0.39, 0.29) is 15.0 Å². The van der Waals surface area contributed by atoms with E-state index in [9.17, 15) is 19.1 Å². The van der Waals surface area contributed by atoms with E-state index in [4.69, 9.17) is 0 Å². The van der Waals surface area contributed by atoms with Crippen LogP contribution in [0.2, 0.25) is 0 Å². The van der Waals surface area contributed by atoms with Gasteiger partial charge < -0.3 is 19.9 Å². The first kappa shape index (κ1) is 16.2. The largest absolute Gasteiger partial charge is 0.503 e. The maximum Gasteiger partial charge on any atom is 0.354 e. The van der Waals surface area contributed by atoms with Gasteiger partial charge in [0.05, 0.1) is 29.6 Å². The molecule has 0 aliphatic carbocycles. The van der Waals surface area contributed by atoms with Crippen molar-refractivity contribution in [3.05, 3.63) is 33.3 Å². The lowest BCUT2D eigenvalue weighted by atomic mass is 10.2. The zero-order chi connectivity index (χ0) is 15.3. The standard InChI is InChI=1S/C12H11FINO5/c1-19-9(16)5-8(12(18)20-2)15-7-4-3-6(14)10(13)11(7)17/h3-5,15,17H,1-2H3/b8-5+. The molecular formula is C12H11FINO5. The predicted molar refractivity (Wildman–Crippen MR) is 76.5 cm³/mol. The normalized spacial score (nSPS) is 10.9. The molecule has 0 fully saturated rings. The summed E-state index contributed by atoms with van der Waals surface area (Å²) in [6, 6.07) is 2.75. The summed E-state index contributed by atoms with van der Waals surface area (Å²) in [5.41, 5.74) is -0.376. The van der Waals surface area contributed by atoms with Crippen LogP contribution in [0.25, 0.3) is 0 Å². The summed E-state index contributed by atoms with van der Waals surface area (Å²) in [7, 11) is 2.25. The third-order valence-corrected chi connectivity index (χ3v) is 3.04. The summed E-state index contributed by atoms with van der Waals surface area (Å²) >= 11 is 1.70. The summed E-state index contributed by atoms with van der Waals surface area (Å²) < 4.78 is 22.6. The van der Waals surface area contributed by atoms with Crippen LogP contribution in [0.3, 0.4) is 0 Å². The molecule has 108 valence electrons. The van der Waals surface area contributed by atoms with Crippen LogP contribution in [0.1, 0.15) is 0 Å². The second kappa shape index (κ2) is 7.08. The molecule has 0 aromatic heterocycles. The summed E-state index contributed by atoms with van der Waals surface area (Å²) in [5.74, 6) is -3.17. The van der Waals surface area contributed by atoms with Crippen molar-refractivity contribution in [3.8, 4) is 5.75 Å². The number of hydrogen-bond acceptors (Lipinski definition) is 6. The van der Waals surface area contributed by atoms with Gasteiger partial charge in [0.15, 0.2) is 11.6 Å². The predicted octanol–water partition coefficient (Wildman–Crippen LogP) is 1.78. The average Bonchev–Trinajstić information content (AvgIpc) is 2.45. The lowest BCUT2D eigenvalue weighted by Crippen LogP contribution is -2.15. The van der Waals surface area contributed by atoms with Crippen LogP contribution in [0, 0.1) is 9.39 Å². The van der Waals surface area contributed by atoms with E-state index < -0.39 is 23.5 Å². The molecule has 0 atom stereocenters. The molecule has 0 spiro atoms. The van der Waals surface area contributed by atoms with Crippen LogP contribution in [0.4, 0.5) is 10.1 Å². The molecule has 0 aliphatic rings. The number of rotatable bonds is 4. The summed E-state index contributed by atoms with van der Waals surface area (Å²) in [4.78, 5) is 22.6. The minimum Gasteiger partial charge on any atom is -0.503 e. The number of esters is 2. The number of aromatic hydroxyl groups is 1. The quantitative estimate of drug-likeness (QED) is 0.350. The molecule has 0 unspecified atom stereocenters. The molecule has 0 amide bonds. The summed E-state index contributed by atoms with van der Waals surface area (Å²) in [6.07, 6.45) is 0.834. The number of hydrogen-bond donors (Lipinski definition) is 2. The smallest absolute Gasteiger partial charge is 0.354 e. The van der Waals surface area contributed by atoms with Crippen LogP contribution in [0.15, 0.2) is 23.9 Å². The van der Waals surface area contributed by atoms with E-state index >= 15 is 0 Å². The molecule has 0 heterocycles. The van der Waals surface area contributed by atoms with Gasteiger partial charge in [0.25, 0.3) is 0 Å². The van der Waals surface area contributed by atoms with Crippen molar-refractivity contribution >= 4 is 40.2 Å². The SMILES string of the molecule is COC(=O)/C=C(/Nc1ccc(I)c(F)c1O)C(=O)OC. The number of halogens is 2. The topological polar surface area (TPSA) is 84.9 Å². The number of ether oxygens (including phenoxy) is 2. The molecule has 0 saturated carbocycles. The van der Waals surface area contributed by atoms with E-state index in [0.29, 0.717) is 0 Å². The zero-order valence-electron chi connectivity index (χ0n) is 10.6. The Hall–Kier alpha value is -1.84. The fourth-order valence-electron chi connectivity index (χ4n) is 1.22. The summed E-state index contributed by atoms with van der Waals surface area (Å²) in [5, 5.41) is 12.1. The first-order valence-electron chi connectivity index (χ1n) is 5.22. The fourth-order valence-corrected chi connectivity index (χ4v) is 1.65. The van der Waals surface area contributed by atoms with Crippen molar-refractivity contribution in [1.82, 2.24) is 0 Å². The van der Waals surface area contributed by atoms with Gasteiger partial charge in [-0.2, -0.15) is 0 Å². The molecule has 0 radical (unpaired) electrons. The van der Waals surface area contributed by atoms with Gasteiger partial charge in [0, 0.05) is 0 Å². The Morgan fingerprint density at radius 1 is 1.35 bits per heavy atom. The van der Waals surface area contributed by atoms with Crippen molar-refractivity contribution in [3.63, 3.8) is 0 Å². The van der Waals surface area contributed by atoms with Gasteiger partial charge in [0.2, 0.25) is 0 Å². The van der Waals surface area contributed by atoms with Gasteiger partial charge in [0.1, 0.15) is 5.70 Å². The van der Waals surface area contributed by atoms with E-state index in [0.717, 1.165) is 20.3 Å². The van der Waals surface area contributed by atoms with E-state index in [1.165, 1.54) is 12.1 Å². The van der Waals surface area contributed by atoms with Crippen LogP contribution in [0.5, 0.6) is 5.75 Å². The monoisotopic (exact) mass is 395 g/mol. The fraction of sp³-hybridized carbons (Fsp3) is 0.167. The van der Waals surface area contributed by atoms with Crippen LogP contribution < -0.4 is 5.32 Å². The van der Waals surface area contributed by atoms with Gasteiger partial charge in [-0.1, -0.05) is 0 Å². The van der Waals surface area contributed by atoms with Gasteiger partial charge in [-0.3, -0.25) is 0 Å². The maximum atomic E-state index is 13.5. The molecule has 6 nitrogen and oxygen atoms in total. The molecular weight excluding hydrogens is 384 g/mol. The Bertz CT molecular complexity index is 573. The van der Waals surface area contributed by atoms with Gasteiger partial charge in [-0.25, -0.2) is 14.0 Å². The number of carbonyl (C=O) groups excluding carboxylic acids is 2. The highest BCUT2D eigenvalue weighted by Crippen LogP contribution is 2.30. The molecule has 20 heavy (non-hydrogen) atoms. The minimum absolute atomic E-state index is 0.0801. The number of phenols is 1.